The summed E-state index contributed by atoms with van der Waals surface area (Å²) in [7, 11) is 0. The Bertz CT molecular complexity index is 418. The van der Waals surface area contributed by atoms with Gasteiger partial charge in [0.2, 0.25) is 0 Å². The molecule has 0 spiro atoms. The van der Waals surface area contributed by atoms with Crippen LogP contribution in [-0.2, 0) is 6.42 Å². The Balaban J connectivity index is 2.97. The van der Waals surface area contributed by atoms with Crippen LogP contribution in [0.25, 0.3) is 0 Å². The van der Waals surface area contributed by atoms with E-state index in [9.17, 15) is 4.79 Å². The number of hydrogen-bond acceptors (Lipinski definition) is 2. The lowest BCUT2D eigenvalue weighted by Crippen LogP contribution is -2.34. The highest BCUT2D eigenvalue weighted by Crippen LogP contribution is 2.14. The van der Waals surface area contributed by atoms with Crippen LogP contribution >= 0.6 is 11.6 Å². The number of carbonyl (C=O) groups is 1. The lowest BCUT2D eigenvalue weighted by molar-refractivity contribution is 0.0745. The lowest BCUT2D eigenvalue weighted by atomic mass is 10.1. The molecule has 1 aromatic rings. The number of hydrogen-bond donors (Lipinski definition) is 0. The van der Waals surface area contributed by atoms with E-state index in [1.54, 1.807) is 6.07 Å². The number of pyridine rings is 1. The van der Waals surface area contributed by atoms with Crippen molar-refractivity contribution < 1.29 is 4.79 Å². The molecule has 3 nitrogen and oxygen atoms in total. The zero-order valence-corrected chi connectivity index (χ0v) is 12.3. The number of aryl methyl sites for hydroxylation is 1. The van der Waals surface area contributed by atoms with E-state index in [-0.39, 0.29) is 5.91 Å². The van der Waals surface area contributed by atoms with E-state index in [1.165, 1.54) is 0 Å². The summed E-state index contributed by atoms with van der Waals surface area (Å²) < 4.78 is 0. The highest BCUT2D eigenvalue weighted by atomic mass is 35.5. The van der Waals surface area contributed by atoms with Crippen molar-refractivity contribution in [2.75, 3.05) is 13.1 Å². The third kappa shape index (κ3) is 3.98. The Morgan fingerprint density at radius 3 is 2.56 bits per heavy atom. The van der Waals surface area contributed by atoms with Crippen LogP contribution in [0.2, 0.25) is 5.15 Å². The summed E-state index contributed by atoms with van der Waals surface area (Å²) in [5.41, 5.74) is 1.49. The predicted octanol–water partition coefficient (Wildman–Crippen LogP) is 3.42. The fourth-order valence-electron chi connectivity index (χ4n) is 1.83. The maximum absolute atomic E-state index is 12.4. The Morgan fingerprint density at radius 1 is 1.39 bits per heavy atom. The van der Waals surface area contributed by atoms with Gasteiger partial charge in [-0.15, -0.1) is 0 Å². The van der Waals surface area contributed by atoms with Gasteiger partial charge in [0.25, 0.3) is 5.91 Å². The minimum atomic E-state index is 0.0326. The van der Waals surface area contributed by atoms with Crippen LogP contribution in [0.4, 0.5) is 0 Å². The van der Waals surface area contributed by atoms with Crippen LogP contribution in [0.15, 0.2) is 12.1 Å². The maximum atomic E-state index is 12.4. The van der Waals surface area contributed by atoms with Crippen molar-refractivity contribution in [1.29, 1.82) is 0 Å². The fraction of sp³-hybridized carbons (Fsp3) is 0.571. The minimum Gasteiger partial charge on any atom is -0.339 e. The third-order valence-electron chi connectivity index (χ3n) is 2.71. The van der Waals surface area contributed by atoms with Crippen molar-refractivity contribution in [1.82, 2.24) is 9.88 Å². The number of aromatic nitrogens is 1. The zero-order chi connectivity index (χ0) is 13.7. The molecule has 0 aliphatic heterocycles. The molecule has 0 aromatic carbocycles. The largest absolute Gasteiger partial charge is 0.339 e. The highest BCUT2D eigenvalue weighted by Gasteiger charge is 2.16. The van der Waals surface area contributed by atoms with Gasteiger partial charge < -0.3 is 4.90 Å². The van der Waals surface area contributed by atoms with Crippen LogP contribution in [0, 0.1) is 5.92 Å². The topological polar surface area (TPSA) is 33.2 Å². The van der Waals surface area contributed by atoms with Gasteiger partial charge in [0, 0.05) is 24.3 Å². The number of carbonyl (C=O) groups excluding carboxylic acids is 1. The molecule has 0 unspecified atom stereocenters. The normalized spacial score (nSPS) is 10.8. The van der Waals surface area contributed by atoms with Crippen LogP contribution in [0.3, 0.4) is 0 Å². The molecule has 1 amide bonds. The Hall–Kier alpha value is -1.09. The van der Waals surface area contributed by atoms with Crippen LogP contribution in [0.5, 0.6) is 0 Å². The van der Waals surface area contributed by atoms with Crippen LogP contribution in [-0.4, -0.2) is 28.9 Å². The number of halogens is 1. The number of nitrogens with zero attached hydrogens (tertiary/aromatic N) is 2. The highest BCUT2D eigenvalue weighted by molar-refractivity contribution is 6.29. The van der Waals surface area contributed by atoms with Crippen LogP contribution < -0.4 is 0 Å². The molecule has 4 heteroatoms. The van der Waals surface area contributed by atoms with Crippen molar-refractivity contribution in [3.8, 4) is 0 Å². The monoisotopic (exact) mass is 268 g/mol. The second kappa shape index (κ2) is 6.74. The maximum Gasteiger partial charge on any atom is 0.254 e. The molecule has 1 rings (SSSR count). The minimum absolute atomic E-state index is 0.0326. The van der Waals surface area contributed by atoms with E-state index in [0.717, 1.165) is 18.7 Å². The number of amides is 1. The van der Waals surface area contributed by atoms with Crippen LogP contribution in [0.1, 0.15) is 43.7 Å². The van der Waals surface area contributed by atoms with E-state index >= 15 is 0 Å². The first kappa shape index (κ1) is 15.0. The SMILES string of the molecule is CCc1cc(C(=O)N(CC)CC(C)C)cc(Cl)n1. The third-order valence-corrected chi connectivity index (χ3v) is 2.90. The van der Waals surface area contributed by atoms with Gasteiger partial charge in [-0.2, -0.15) is 0 Å². The molecule has 0 saturated carbocycles. The summed E-state index contributed by atoms with van der Waals surface area (Å²) >= 11 is 5.94. The first-order valence-electron chi connectivity index (χ1n) is 6.43. The van der Waals surface area contributed by atoms with E-state index in [1.807, 2.05) is 24.8 Å². The van der Waals surface area contributed by atoms with Gasteiger partial charge in [0.15, 0.2) is 0 Å². The summed E-state index contributed by atoms with van der Waals surface area (Å²) in [5, 5.41) is 0.387. The van der Waals surface area contributed by atoms with Gasteiger partial charge in [0.05, 0.1) is 0 Å². The molecular formula is C14H21ClN2O. The van der Waals surface area contributed by atoms with E-state index in [4.69, 9.17) is 11.6 Å². The zero-order valence-electron chi connectivity index (χ0n) is 11.5. The Morgan fingerprint density at radius 2 is 2.06 bits per heavy atom. The van der Waals surface area contributed by atoms with E-state index < -0.39 is 0 Å². The fourth-order valence-corrected chi connectivity index (χ4v) is 2.06. The van der Waals surface area contributed by atoms with Crippen molar-refractivity contribution in [3.63, 3.8) is 0 Å². The van der Waals surface area contributed by atoms with Gasteiger partial charge >= 0.3 is 0 Å². The quantitative estimate of drug-likeness (QED) is 0.767. The predicted molar refractivity (Wildman–Crippen MR) is 75.0 cm³/mol. The molecule has 0 atom stereocenters. The molecule has 100 valence electrons. The summed E-state index contributed by atoms with van der Waals surface area (Å²) in [6, 6.07) is 3.48. The molecule has 0 radical (unpaired) electrons. The summed E-state index contributed by atoms with van der Waals surface area (Å²) in [6.45, 7) is 9.66. The van der Waals surface area contributed by atoms with Gasteiger partial charge in [-0.1, -0.05) is 32.4 Å². The second-order valence-electron chi connectivity index (χ2n) is 4.76. The van der Waals surface area contributed by atoms with E-state index in [2.05, 4.69) is 18.8 Å². The molecule has 0 fully saturated rings. The molecule has 0 N–H and O–H groups in total. The smallest absolute Gasteiger partial charge is 0.254 e. The van der Waals surface area contributed by atoms with Gasteiger partial charge in [-0.05, 0) is 31.4 Å². The van der Waals surface area contributed by atoms with Gasteiger partial charge in [-0.25, -0.2) is 4.98 Å². The molecule has 18 heavy (non-hydrogen) atoms. The molecule has 0 aliphatic rings. The molecule has 0 saturated heterocycles. The average Bonchev–Trinajstić information content (AvgIpc) is 2.34. The lowest BCUT2D eigenvalue weighted by Gasteiger charge is -2.23. The molecular weight excluding hydrogens is 248 g/mol. The average molecular weight is 269 g/mol. The second-order valence-corrected chi connectivity index (χ2v) is 5.15. The summed E-state index contributed by atoms with van der Waals surface area (Å²) in [6.07, 6.45) is 0.775. The molecule has 1 heterocycles. The molecule has 0 aliphatic carbocycles. The van der Waals surface area contributed by atoms with E-state index in [0.29, 0.717) is 23.2 Å². The van der Waals surface area contributed by atoms with Crippen molar-refractivity contribution in [2.45, 2.75) is 34.1 Å². The van der Waals surface area contributed by atoms with Crippen molar-refractivity contribution >= 4 is 17.5 Å². The Kier molecular flexibility index (Phi) is 5.60. The molecule has 1 aromatic heterocycles. The number of rotatable bonds is 5. The Labute approximate surface area is 114 Å². The van der Waals surface area contributed by atoms with Crippen molar-refractivity contribution in [3.05, 3.63) is 28.5 Å². The van der Waals surface area contributed by atoms with Crippen molar-refractivity contribution in [2.24, 2.45) is 5.92 Å². The standard InChI is InChI=1S/C14H21ClN2O/c1-5-12-7-11(8-13(15)16-12)14(18)17(6-2)9-10(3)4/h7-8,10H,5-6,9H2,1-4H3. The summed E-state index contributed by atoms with van der Waals surface area (Å²) in [5.74, 6) is 0.488. The first-order chi connectivity index (χ1) is 8.47. The van der Waals surface area contributed by atoms with Gasteiger partial charge in [0.1, 0.15) is 5.15 Å². The first-order valence-corrected chi connectivity index (χ1v) is 6.81. The summed E-state index contributed by atoms with van der Waals surface area (Å²) in [4.78, 5) is 18.4. The van der Waals surface area contributed by atoms with Gasteiger partial charge in [-0.3, -0.25) is 4.79 Å². The molecule has 0 bridgehead atoms.